The van der Waals surface area contributed by atoms with Crippen LogP contribution < -0.4 is 5.32 Å². The molecule has 3 rings (SSSR count). The number of benzene rings is 1. The number of hydrogen-bond donors (Lipinski definition) is 2. The molecule has 0 unspecified atom stereocenters. The third-order valence-corrected chi connectivity index (χ3v) is 3.85. The van der Waals surface area contributed by atoms with E-state index in [9.17, 15) is 14.7 Å². The van der Waals surface area contributed by atoms with Gasteiger partial charge in [-0.25, -0.2) is 4.79 Å². The lowest BCUT2D eigenvalue weighted by Crippen LogP contribution is -2.45. The van der Waals surface area contributed by atoms with Crippen LogP contribution in [0.25, 0.3) is 0 Å². The normalized spacial score (nSPS) is 20.3. The molecule has 0 bridgehead atoms. The highest BCUT2D eigenvalue weighted by Crippen LogP contribution is 2.38. The van der Waals surface area contributed by atoms with Gasteiger partial charge in [-0.2, -0.15) is 0 Å². The fraction of sp³-hybridized carbons (Fsp3) is 0.375. The smallest absolute Gasteiger partial charge is 0.354 e. The number of esters is 1. The monoisotopic (exact) mass is 303 g/mol. The van der Waals surface area contributed by atoms with E-state index in [0.29, 0.717) is 18.5 Å². The summed E-state index contributed by atoms with van der Waals surface area (Å²) in [4.78, 5) is 24.3. The highest BCUT2D eigenvalue weighted by atomic mass is 16.8. The Morgan fingerprint density at radius 3 is 2.41 bits per heavy atom. The fourth-order valence-electron chi connectivity index (χ4n) is 2.75. The van der Waals surface area contributed by atoms with E-state index in [1.165, 1.54) is 0 Å². The number of carbonyl (C=O) groups is 2. The minimum atomic E-state index is -1.12. The van der Waals surface area contributed by atoms with E-state index in [2.05, 4.69) is 5.32 Å². The lowest BCUT2D eigenvalue weighted by Gasteiger charge is -2.38. The number of aliphatic hydroxyl groups is 1. The molecule has 22 heavy (non-hydrogen) atoms. The van der Waals surface area contributed by atoms with Crippen LogP contribution in [0.2, 0.25) is 0 Å². The number of anilines is 1. The van der Waals surface area contributed by atoms with E-state index in [4.69, 9.17) is 9.47 Å². The maximum Gasteiger partial charge on any atom is 0.354 e. The summed E-state index contributed by atoms with van der Waals surface area (Å²) in [6, 6.07) is 8.64. The summed E-state index contributed by atoms with van der Waals surface area (Å²) in [7, 11) is 0. The van der Waals surface area contributed by atoms with Crippen molar-refractivity contribution in [1.29, 1.82) is 0 Å². The standard InChI is InChI=1S/C16H17NO5/c18-13(17-11-7-3-1-4-8-11)12-14(19)21-16(22-15(12)20)9-5-2-6-10-16/h1,3-4,7-8,19H,2,5-6,9-10H2,(H,17,18). The number of aliphatic hydroxyl groups excluding tert-OH is 1. The van der Waals surface area contributed by atoms with Gasteiger partial charge in [-0.3, -0.25) is 4.79 Å². The molecule has 0 saturated heterocycles. The third kappa shape index (κ3) is 2.77. The number of carbonyl (C=O) groups excluding carboxylic acids is 2. The van der Waals surface area contributed by atoms with Crippen molar-refractivity contribution < 1.29 is 24.2 Å². The zero-order valence-electron chi connectivity index (χ0n) is 12.0. The van der Waals surface area contributed by atoms with Gasteiger partial charge in [0.25, 0.3) is 11.7 Å². The Labute approximate surface area is 127 Å². The van der Waals surface area contributed by atoms with E-state index in [1.807, 2.05) is 0 Å². The number of hydrogen-bond acceptors (Lipinski definition) is 5. The minimum Gasteiger partial charge on any atom is -0.480 e. The first-order chi connectivity index (χ1) is 10.6. The summed E-state index contributed by atoms with van der Waals surface area (Å²) in [5.41, 5.74) is 0.0126. The summed E-state index contributed by atoms with van der Waals surface area (Å²) in [5, 5.41) is 12.5. The molecule has 2 N–H and O–H groups in total. The van der Waals surface area contributed by atoms with Crippen molar-refractivity contribution in [2.75, 3.05) is 5.32 Å². The Morgan fingerprint density at radius 2 is 1.77 bits per heavy atom. The van der Waals surface area contributed by atoms with Crippen LogP contribution >= 0.6 is 0 Å². The van der Waals surface area contributed by atoms with Gasteiger partial charge in [0.1, 0.15) is 0 Å². The van der Waals surface area contributed by atoms with Crippen molar-refractivity contribution in [2.24, 2.45) is 0 Å². The first kappa shape index (κ1) is 14.4. The number of nitrogens with one attached hydrogen (secondary N) is 1. The molecule has 1 aromatic carbocycles. The maximum atomic E-state index is 12.1. The van der Waals surface area contributed by atoms with Gasteiger partial charge in [-0.05, 0) is 25.0 Å². The van der Waals surface area contributed by atoms with Gasteiger partial charge in [0.2, 0.25) is 5.57 Å². The zero-order chi connectivity index (χ0) is 15.6. The van der Waals surface area contributed by atoms with Crippen LogP contribution in [0.4, 0.5) is 5.69 Å². The summed E-state index contributed by atoms with van der Waals surface area (Å²) in [6.45, 7) is 0. The average molecular weight is 303 g/mol. The first-order valence-corrected chi connectivity index (χ1v) is 7.32. The van der Waals surface area contributed by atoms with Crippen molar-refractivity contribution in [2.45, 2.75) is 37.9 Å². The lowest BCUT2D eigenvalue weighted by atomic mass is 9.93. The molecule has 1 spiro atoms. The summed E-state index contributed by atoms with van der Waals surface area (Å²) >= 11 is 0. The fourth-order valence-corrected chi connectivity index (χ4v) is 2.75. The van der Waals surface area contributed by atoms with Crippen LogP contribution in [0.1, 0.15) is 32.1 Å². The Hall–Kier alpha value is -2.50. The molecule has 0 aromatic heterocycles. The van der Waals surface area contributed by atoms with Crippen molar-refractivity contribution in [3.8, 4) is 0 Å². The van der Waals surface area contributed by atoms with Crippen molar-refractivity contribution in [1.82, 2.24) is 0 Å². The summed E-state index contributed by atoms with van der Waals surface area (Å²) in [5.74, 6) is -3.37. The third-order valence-electron chi connectivity index (χ3n) is 3.85. The average Bonchev–Trinajstić information content (AvgIpc) is 2.48. The van der Waals surface area contributed by atoms with Gasteiger partial charge in [0.05, 0.1) is 0 Å². The molecule has 6 heteroatoms. The summed E-state index contributed by atoms with van der Waals surface area (Å²) < 4.78 is 10.7. The molecule has 116 valence electrons. The Balaban J connectivity index is 1.79. The van der Waals surface area contributed by atoms with E-state index in [-0.39, 0.29) is 0 Å². The first-order valence-electron chi connectivity index (χ1n) is 7.32. The van der Waals surface area contributed by atoms with Crippen LogP contribution in [0.3, 0.4) is 0 Å². The van der Waals surface area contributed by atoms with Crippen molar-refractivity contribution in [3.05, 3.63) is 41.9 Å². The van der Waals surface area contributed by atoms with Gasteiger partial charge < -0.3 is 19.9 Å². The second-order valence-electron chi connectivity index (χ2n) is 5.46. The number of para-hydroxylation sites is 1. The van der Waals surface area contributed by atoms with Gasteiger partial charge >= 0.3 is 11.9 Å². The molecule has 1 heterocycles. The Morgan fingerprint density at radius 1 is 1.09 bits per heavy atom. The molecule has 1 amide bonds. The molecular weight excluding hydrogens is 286 g/mol. The predicted molar refractivity (Wildman–Crippen MR) is 77.7 cm³/mol. The van der Waals surface area contributed by atoms with Crippen molar-refractivity contribution >= 4 is 17.6 Å². The second kappa shape index (κ2) is 5.71. The van der Waals surface area contributed by atoms with Gasteiger partial charge in [0, 0.05) is 18.5 Å². The highest BCUT2D eigenvalue weighted by molar-refractivity contribution is 6.21. The van der Waals surface area contributed by atoms with Crippen LogP contribution in [-0.2, 0) is 19.1 Å². The van der Waals surface area contributed by atoms with Gasteiger partial charge in [-0.15, -0.1) is 0 Å². The van der Waals surface area contributed by atoms with Gasteiger partial charge in [0.15, 0.2) is 0 Å². The number of ether oxygens (including phenoxy) is 2. The predicted octanol–water partition coefficient (Wildman–Crippen LogP) is 2.63. The molecule has 0 atom stereocenters. The van der Waals surface area contributed by atoms with E-state index in [1.54, 1.807) is 30.3 Å². The SMILES string of the molecule is O=C(Nc1ccccc1)C1=C(O)OC2(CCCCC2)OC1=O. The zero-order valence-corrected chi connectivity index (χ0v) is 12.0. The maximum absolute atomic E-state index is 12.1. The molecular formula is C16H17NO5. The molecule has 6 nitrogen and oxygen atoms in total. The molecule has 1 fully saturated rings. The number of rotatable bonds is 2. The summed E-state index contributed by atoms with van der Waals surface area (Å²) in [6.07, 6.45) is 3.79. The molecule has 1 saturated carbocycles. The lowest BCUT2D eigenvalue weighted by molar-refractivity contribution is -0.249. The topological polar surface area (TPSA) is 84.9 Å². The number of amides is 1. The second-order valence-corrected chi connectivity index (χ2v) is 5.46. The van der Waals surface area contributed by atoms with Crippen LogP contribution in [0.15, 0.2) is 41.9 Å². The molecule has 0 radical (unpaired) electrons. The van der Waals surface area contributed by atoms with Gasteiger partial charge in [-0.1, -0.05) is 24.6 Å². The molecule has 1 aliphatic carbocycles. The largest absolute Gasteiger partial charge is 0.480 e. The van der Waals surface area contributed by atoms with Crippen LogP contribution in [-0.4, -0.2) is 22.8 Å². The Bertz CT molecular complexity index is 617. The van der Waals surface area contributed by atoms with Crippen LogP contribution in [0.5, 0.6) is 0 Å². The van der Waals surface area contributed by atoms with E-state index in [0.717, 1.165) is 19.3 Å². The van der Waals surface area contributed by atoms with Crippen molar-refractivity contribution in [3.63, 3.8) is 0 Å². The van der Waals surface area contributed by atoms with E-state index < -0.39 is 29.2 Å². The molecule has 1 aromatic rings. The molecule has 2 aliphatic rings. The minimum absolute atomic E-state index is 0.500. The molecule has 1 aliphatic heterocycles. The Kier molecular flexibility index (Phi) is 3.75. The van der Waals surface area contributed by atoms with E-state index >= 15 is 0 Å². The highest BCUT2D eigenvalue weighted by Gasteiger charge is 2.46. The van der Waals surface area contributed by atoms with Crippen LogP contribution in [0, 0.1) is 0 Å². The quantitative estimate of drug-likeness (QED) is 0.648.